The Hall–Kier alpha value is -0.740. The Labute approximate surface area is 145 Å². The molecule has 3 aromatic rings. The lowest BCUT2D eigenvalue weighted by atomic mass is 10.2. The molecule has 0 amide bonds. The van der Waals surface area contributed by atoms with E-state index in [2.05, 4.69) is 20.9 Å². The summed E-state index contributed by atoms with van der Waals surface area (Å²) in [7, 11) is 0. The van der Waals surface area contributed by atoms with Gasteiger partial charge in [-0.05, 0) is 47.1 Å². The van der Waals surface area contributed by atoms with Gasteiger partial charge in [0.2, 0.25) is 0 Å². The molecule has 0 aliphatic heterocycles. The maximum atomic E-state index is 6.30. The van der Waals surface area contributed by atoms with E-state index >= 15 is 0 Å². The van der Waals surface area contributed by atoms with E-state index in [1.54, 1.807) is 0 Å². The van der Waals surface area contributed by atoms with E-state index < -0.39 is 0 Å². The number of benzene rings is 2. The van der Waals surface area contributed by atoms with E-state index in [1.807, 2.05) is 47.9 Å². The predicted octanol–water partition coefficient (Wildman–Crippen LogP) is 6.39. The van der Waals surface area contributed by atoms with Crippen LogP contribution in [-0.2, 0) is 0 Å². The van der Waals surface area contributed by atoms with Gasteiger partial charge in [0.05, 0.1) is 31.1 Å². The number of rotatable bonds is 2. The number of hydrogen-bond acceptors (Lipinski definition) is 1. The number of para-hydroxylation sites is 1. The molecule has 21 heavy (non-hydrogen) atoms. The van der Waals surface area contributed by atoms with Gasteiger partial charge in [-0.3, -0.25) is 4.57 Å². The third-order valence-corrected chi connectivity index (χ3v) is 5.07. The lowest BCUT2D eigenvalue weighted by Crippen LogP contribution is -2.02. The van der Waals surface area contributed by atoms with Crippen molar-refractivity contribution in [2.24, 2.45) is 0 Å². The molecule has 2 nitrogen and oxygen atoms in total. The number of hydrogen-bond donors (Lipinski definition) is 0. The highest BCUT2D eigenvalue weighted by molar-refractivity contribution is 9.10. The molecule has 3 rings (SSSR count). The Bertz CT molecular complexity index is 827. The Morgan fingerprint density at radius 1 is 1.10 bits per heavy atom. The maximum Gasteiger partial charge on any atom is 0.132 e. The van der Waals surface area contributed by atoms with Crippen LogP contribution in [0.3, 0.4) is 0 Å². The number of imidazole rings is 1. The molecule has 1 unspecified atom stereocenters. The Morgan fingerprint density at radius 3 is 2.48 bits per heavy atom. The average molecular weight is 405 g/mol. The Balaban J connectivity index is 2.43. The van der Waals surface area contributed by atoms with E-state index in [9.17, 15) is 0 Å². The van der Waals surface area contributed by atoms with Gasteiger partial charge in [0, 0.05) is 0 Å². The van der Waals surface area contributed by atoms with Crippen LogP contribution in [0.5, 0.6) is 0 Å². The van der Waals surface area contributed by atoms with E-state index in [0.717, 1.165) is 27.0 Å². The van der Waals surface area contributed by atoms with E-state index in [4.69, 9.17) is 34.8 Å². The lowest BCUT2D eigenvalue weighted by molar-refractivity contribution is 0.880. The molecule has 0 bridgehead atoms. The van der Waals surface area contributed by atoms with Gasteiger partial charge in [-0.1, -0.05) is 35.3 Å². The Kier molecular flexibility index (Phi) is 4.19. The van der Waals surface area contributed by atoms with Gasteiger partial charge in [-0.2, -0.15) is 0 Å². The second kappa shape index (κ2) is 5.81. The minimum atomic E-state index is -0.264. The number of nitrogens with zero attached hydrogens (tertiary/aromatic N) is 2. The van der Waals surface area contributed by atoms with Crippen LogP contribution in [0.4, 0.5) is 0 Å². The molecule has 6 heteroatoms. The number of halogens is 4. The molecule has 2 aromatic carbocycles. The number of aromatic nitrogens is 2. The molecule has 0 saturated carbocycles. The van der Waals surface area contributed by atoms with Crippen LogP contribution in [0.25, 0.3) is 16.7 Å². The molecule has 0 fully saturated rings. The van der Waals surface area contributed by atoms with Crippen molar-refractivity contribution < 1.29 is 0 Å². The molecular weight excluding hydrogens is 394 g/mol. The highest BCUT2D eigenvalue weighted by atomic mass is 79.9. The summed E-state index contributed by atoms with van der Waals surface area (Å²) < 4.78 is 2.78. The molecule has 0 radical (unpaired) electrons. The van der Waals surface area contributed by atoms with Crippen LogP contribution in [-0.4, -0.2) is 9.55 Å². The molecule has 0 aliphatic carbocycles. The summed E-state index contributed by atoms with van der Waals surface area (Å²) in [5.41, 5.74) is 2.51. The molecule has 0 aliphatic rings. The third-order valence-electron chi connectivity index (χ3n) is 3.19. The fourth-order valence-corrected chi connectivity index (χ4v) is 3.24. The first kappa shape index (κ1) is 15.2. The van der Waals surface area contributed by atoms with E-state index in [0.29, 0.717) is 10.0 Å². The summed E-state index contributed by atoms with van der Waals surface area (Å²) in [6.07, 6.45) is 0. The largest absolute Gasteiger partial charge is 0.294 e. The predicted molar refractivity (Wildman–Crippen MR) is 93.1 cm³/mol. The molecule has 0 spiro atoms. The van der Waals surface area contributed by atoms with Crippen LogP contribution in [0.1, 0.15) is 18.1 Å². The summed E-state index contributed by atoms with van der Waals surface area (Å²) in [4.78, 5) is 4.59. The fourth-order valence-electron chi connectivity index (χ4n) is 2.27. The Morgan fingerprint density at radius 2 is 1.76 bits per heavy atom. The van der Waals surface area contributed by atoms with Crippen molar-refractivity contribution in [2.45, 2.75) is 12.3 Å². The SMILES string of the molecule is CC(Cl)c1nc2c(Cl)cccc2n1-c1cccc(Cl)c1Br. The monoisotopic (exact) mass is 402 g/mol. The van der Waals surface area contributed by atoms with Crippen LogP contribution in [0, 0.1) is 0 Å². The maximum absolute atomic E-state index is 6.30. The van der Waals surface area contributed by atoms with Crippen molar-refractivity contribution in [2.75, 3.05) is 0 Å². The van der Waals surface area contributed by atoms with Crippen molar-refractivity contribution >= 4 is 61.8 Å². The molecule has 108 valence electrons. The minimum absolute atomic E-state index is 0.264. The fraction of sp³-hybridized carbons (Fsp3) is 0.133. The quantitative estimate of drug-likeness (QED) is 0.452. The minimum Gasteiger partial charge on any atom is -0.294 e. The standard InChI is InChI=1S/C15H10BrCl3N2/c1-8(17)15-20-14-10(19)5-3-7-12(14)21(15)11-6-2-4-9(18)13(11)16/h2-8H,1H3. The van der Waals surface area contributed by atoms with Crippen molar-refractivity contribution in [3.05, 3.63) is 56.7 Å². The highest BCUT2D eigenvalue weighted by Crippen LogP contribution is 2.36. The molecule has 0 saturated heterocycles. The molecule has 1 heterocycles. The zero-order valence-corrected chi connectivity index (χ0v) is 14.8. The zero-order valence-electron chi connectivity index (χ0n) is 10.9. The lowest BCUT2D eigenvalue weighted by Gasteiger charge is -2.13. The van der Waals surface area contributed by atoms with Crippen molar-refractivity contribution in [3.63, 3.8) is 0 Å². The number of alkyl halides is 1. The van der Waals surface area contributed by atoms with Gasteiger partial charge in [0.25, 0.3) is 0 Å². The van der Waals surface area contributed by atoms with Crippen LogP contribution in [0.2, 0.25) is 10.0 Å². The van der Waals surface area contributed by atoms with Crippen LogP contribution in [0.15, 0.2) is 40.9 Å². The first-order valence-electron chi connectivity index (χ1n) is 6.26. The molecule has 0 N–H and O–H groups in total. The normalized spacial score (nSPS) is 12.8. The summed E-state index contributed by atoms with van der Waals surface area (Å²) >= 11 is 22.3. The number of fused-ring (bicyclic) bond motifs is 1. The smallest absolute Gasteiger partial charge is 0.132 e. The summed E-state index contributed by atoms with van der Waals surface area (Å²) in [6.45, 7) is 1.88. The first-order valence-corrected chi connectivity index (χ1v) is 8.24. The van der Waals surface area contributed by atoms with E-state index in [-0.39, 0.29) is 5.38 Å². The van der Waals surface area contributed by atoms with E-state index in [1.165, 1.54) is 0 Å². The van der Waals surface area contributed by atoms with Gasteiger partial charge in [0.15, 0.2) is 0 Å². The van der Waals surface area contributed by atoms with Crippen molar-refractivity contribution in [1.29, 1.82) is 0 Å². The van der Waals surface area contributed by atoms with Crippen LogP contribution >= 0.6 is 50.7 Å². The average Bonchev–Trinajstić information content (AvgIpc) is 2.83. The zero-order chi connectivity index (χ0) is 15.1. The summed E-state index contributed by atoms with van der Waals surface area (Å²) in [5.74, 6) is 0.725. The third kappa shape index (κ3) is 2.57. The highest BCUT2D eigenvalue weighted by Gasteiger charge is 2.19. The second-order valence-electron chi connectivity index (χ2n) is 4.60. The summed E-state index contributed by atoms with van der Waals surface area (Å²) in [5, 5.41) is 0.965. The summed E-state index contributed by atoms with van der Waals surface area (Å²) in [6, 6.07) is 11.3. The van der Waals surface area contributed by atoms with Gasteiger partial charge in [-0.25, -0.2) is 4.98 Å². The second-order valence-corrected chi connectivity index (χ2v) is 6.86. The first-order chi connectivity index (χ1) is 10.0. The molecule has 1 atom stereocenters. The van der Waals surface area contributed by atoms with Gasteiger partial charge >= 0.3 is 0 Å². The van der Waals surface area contributed by atoms with Crippen LogP contribution < -0.4 is 0 Å². The van der Waals surface area contributed by atoms with Gasteiger partial charge in [-0.15, -0.1) is 11.6 Å². The molecular formula is C15H10BrCl3N2. The van der Waals surface area contributed by atoms with Gasteiger partial charge in [0.1, 0.15) is 11.3 Å². The van der Waals surface area contributed by atoms with Gasteiger partial charge < -0.3 is 0 Å². The topological polar surface area (TPSA) is 17.8 Å². The molecule has 1 aromatic heterocycles. The van der Waals surface area contributed by atoms with Crippen molar-refractivity contribution in [3.8, 4) is 5.69 Å². The van der Waals surface area contributed by atoms with Crippen molar-refractivity contribution in [1.82, 2.24) is 9.55 Å².